The zero-order chi connectivity index (χ0) is 14.7. The molecule has 104 valence electrons. The average Bonchev–Trinajstić information content (AvgIpc) is 2.28. The zero-order valence-corrected chi connectivity index (χ0v) is 13.8. The first-order chi connectivity index (χ1) is 8.67. The van der Waals surface area contributed by atoms with E-state index in [9.17, 15) is 10.1 Å². The lowest BCUT2D eigenvalue weighted by molar-refractivity contribution is -0.134. The van der Waals surface area contributed by atoms with Gasteiger partial charge in [-0.25, -0.2) is 0 Å². The normalized spacial score (nSPS) is 26.2. The molecule has 0 spiro atoms. The average molecular weight is 275 g/mol. The SMILES string of the molecule is CC1(C)CC[C@@H](CCC#C[Si](C)(C)C)[C@H](C#N)C1=O. The second-order valence-corrected chi connectivity index (χ2v) is 12.0. The Labute approximate surface area is 118 Å². The van der Waals surface area contributed by atoms with Gasteiger partial charge in [0.25, 0.3) is 0 Å². The third-order valence-electron chi connectivity index (χ3n) is 3.80. The van der Waals surface area contributed by atoms with Gasteiger partial charge in [-0.2, -0.15) is 5.26 Å². The van der Waals surface area contributed by atoms with Crippen LogP contribution >= 0.6 is 0 Å². The molecule has 0 aliphatic heterocycles. The van der Waals surface area contributed by atoms with Crippen LogP contribution in [0.5, 0.6) is 0 Å². The molecule has 3 heteroatoms. The van der Waals surface area contributed by atoms with Crippen molar-refractivity contribution in [1.29, 1.82) is 5.26 Å². The number of carbonyl (C=O) groups excluding carboxylic acids is 1. The van der Waals surface area contributed by atoms with E-state index < -0.39 is 14.0 Å². The van der Waals surface area contributed by atoms with E-state index in [1.54, 1.807) is 0 Å². The molecule has 0 saturated heterocycles. The van der Waals surface area contributed by atoms with Crippen molar-refractivity contribution in [3.63, 3.8) is 0 Å². The van der Waals surface area contributed by atoms with Crippen LogP contribution in [0, 0.1) is 40.0 Å². The van der Waals surface area contributed by atoms with Crippen molar-refractivity contribution in [2.24, 2.45) is 17.3 Å². The molecule has 1 aliphatic carbocycles. The smallest absolute Gasteiger partial charge is 0.155 e. The molecule has 0 N–H and O–H groups in total. The van der Waals surface area contributed by atoms with E-state index in [-0.39, 0.29) is 17.1 Å². The van der Waals surface area contributed by atoms with Crippen molar-refractivity contribution in [3.05, 3.63) is 0 Å². The van der Waals surface area contributed by atoms with Gasteiger partial charge in [-0.1, -0.05) is 33.5 Å². The number of carbonyl (C=O) groups is 1. The molecular formula is C16H25NOSi. The highest BCUT2D eigenvalue weighted by Gasteiger charge is 2.42. The predicted molar refractivity (Wildman–Crippen MR) is 81.0 cm³/mol. The molecule has 1 aliphatic rings. The van der Waals surface area contributed by atoms with Crippen LogP contribution in [0.1, 0.15) is 39.5 Å². The number of nitriles is 1. The summed E-state index contributed by atoms with van der Waals surface area (Å²) < 4.78 is 0. The molecule has 0 aromatic carbocycles. The summed E-state index contributed by atoms with van der Waals surface area (Å²) in [4.78, 5) is 12.2. The van der Waals surface area contributed by atoms with E-state index in [4.69, 9.17) is 0 Å². The summed E-state index contributed by atoms with van der Waals surface area (Å²) in [6.45, 7) is 10.6. The van der Waals surface area contributed by atoms with Gasteiger partial charge >= 0.3 is 0 Å². The highest BCUT2D eigenvalue weighted by atomic mass is 28.3. The molecule has 0 heterocycles. The van der Waals surface area contributed by atoms with Crippen LogP contribution < -0.4 is 0 Å². The second kappa shape index (κ2) is 5.93. The number of hydrogen-bond donors (Lipinski definition) is 0. The first-order valence-corrected chi connectivity index (χ1v) is 10.6. The highest BCUT2D eigenvalue weighted by molar-refractivity contribution is 6.83. The van der Waals surface area contributed by atoms with Gasteiger partial charge in [-0.05, 0) is 25.2 Å². The van der Waals surface area contributed by atoms with Crippen LogP contribution in [0.3, 0.4) is 0 Å². The van der Waals surface area contributed by atoms with Crippen LogP contribution in [0.4, 0.5) is 0 Å². The number of rotatable bonds is 2. The van der Waals surface area contributed by atoms with Gasteiger partial charge in [-0.3, -0.25) is 4.79 Å². The fourth-order valence-corrected chi connectivity index (χ4v) is 3.19. The minimum absolute atomic E-state index is 0.129. The van der Waals surface area contributed by atoms with Gasteiger partial charge in [0.05, 0.1) is 6.07 Å². The summed E-state index contributed by atoms with van der Waals surface area (Å²) in [6, 6.07) is 2.23. The Bertz CT molecular complexity index is 442. The standard InChI is InChI=1S/C16H25NOSi/c1-16(2)10-9-13(14(12-17)15(16)18)8-6-7-11-19(3,4)5/h13-14H,6,8-10H2,1-5H3/t13-,14+/m1/s1. The molecule has 0 unspecified atom stereocenters. The first kappa shape index (κ1) is 16.0. The van der Waals surface area contributed by atoms with Crippen molar-refractivity contribution < 1.29 is 4.79 Å². The quantitative estimate of drug-likeness (QED) is 0.568. The molecule has 1 saturated carbocycles. The van der Waals surface area contributed by atoms with Crippen molar-refractivity contribution in [2.45, 2.75) is 59.2 Å². The van der Waals surface area contributed by atoms with Crippen molar-refractivity contribution in [2.75, 3.05) is 0 Å². The van der Waals surface area contributed by atoms with E-state index in [1.807, 2.05) is 13.8 Å². The topological polar surface area (TPSA) is 40.9 Å². The predicted octanol–water partition coefficient (Wildman–Crippen LogP) is 3.79. The summed E-state index contributed by atoms with van der Waals surface area (Å²) in [5.41, 5.74) is 3.02. The van der Waals surface area contributed by atoms with E-state index in [1.165, 1.54) is 0 Å². The van der Waals surface area contributed by atoms with Gasteiger partial charge in [0.1, 0.15) is 14.0 Å². The van der Waals surface area contributed by atoms with Gasteiger partial charge in [0, 0.05) is 11.8 Å². The van der Waals surface area contributed by atoms with Crippen molar-refractivity contribution in [3.8, 4) is 17.5 Å². The summed E-state index contributed by atoms with van der Waals surface area (Å²) >= 11 is 0. The third-order valence-corrected chi connectivity index (χ3v) is 4.73. The van der Waals surface area contributed by atoms with E-state index in [0.717, 1.165) is 25.7 Å². The molecule has 0 aromatic rings. The Balaban J connectivity index is 2.62. The van der Waals surface area contributed by atoms with Crippen LogP contribution in [0.25, 0.3) is 0 Å². The van der Waals surface area contributed by atoms with E-state index >= 15 is 0 Å². The summed E-state index contributed by atoms with van der Waals surface area (Å²) in [5.74, 6) is 3.16. The fourth-order valence-electron chi connectivity index (χ4n) is 2.53. The molecule has 1 fully saturated rings. The molecule has 0 bridgehead atoms. The van der Waals surface area contributed by atoms with E-state index in [0.29, 0.717) is 0 Å². The second-order valence-electron chi connectivity index (χ2n) is 7.24. The molecule has 0 radical (unpaired) electrons. The Morgan fingerprint density at radius 2 is 2.00 bits per heavy atom. The van der Waals surface area contributed by atoms with Crippen LogP contribution in [0.15, 0.2) is 0 Å². The molecule has 19 heavy (non-hydrogen) atoms. The zero-order valence-electron chi connectivity index (χ0n) is 12.8. The summed E-state index contributed by atoms with van der Waals surface area (Å²) in [5, 5.41) is 9.25. The largest absolute Gasteiger partial charge is 0.298 e. The fraction of sp³-hybridized carbons (Fsp3) is 0.750. The number of Topliss-reactive ketones (excluding diaryl/α,β-unsaturated/α-hetero) is 1. The summed E-state index contributed by atoms with van der Waals surface area (Å²) in [7, 11) is -1.30. The van der Waals surface area contributed by atoms with Crippen LogP contribution in [-0.4, -0.2) is 13.9 Å². The van der Waals surface area contributed by atoms with Gasteiger partial charge in [-0.15, -0.1) is 11.5 Å². The minimum Gasteiger partial charge on any atom is -0.298 e. The molecular weight excluding hydrogens is 250 g/mol. The maximum atomic E-state index is 12.2. The maximum absolute atomic E-state index is 12.2. The lowest BCUT2D eigenvalue weighted by Crippen LogP contribution is -2.39. The van der Waals surface area contributed by atoms with Gasteiger partial charge in [0.15, 0.2) is 5.78 Å². The van der Waals surface area contributed by atoms with Gasteiger partial charge < -0.3 is 0 Å². The van der Waals surface area contributed by atoms with Crippen LogP contribution in [-0.2, 0) is 4.79 Å². The van der Waals surface area contributed by atoms with Crippen molar-refractivity contribution in [1.82, 2.24) is 0 Å². The molecule has 1 rings (SSSR count). The number of hydrogen-bond acceptors (Lipinski definition) is 2. The number of nitrogens with zero attached hydrogens (tertiary/aromatic N) is 1. The lowest BCUT2D eigenvalue weighted by atomic mass is 9.65. The Kier molecular flexibility index (Phi) is 4.99. The molecule has 2 atom stereocenters. The van der Waals surface area contributed by atoms with Crippen molar-refractivity contribution >= 4 is 13.9 Å². The Hall–Kier alpha value is -1.06. The Morgan fingerprint density at radius 3 is 2.53 bits per heavy atom. The van der Waals surface area contributed by atoms with Crippen LogP contribution in [0.2, 0.25) is 19.6 Å². The molecule has 0 amide bonds. The van der Waals surface area contributed by atoms with E-state index in [2.05, 4.69) is 37.2 Å². The monoisotopic (exact) mass is 275 g/mol. The first-order valence-electron chi connectivity index (χ1n) is 7.11. The lowest BCUT2D eigenvalue weighted by Gasteiger charge is -2.36. The minimum atomic E-state index is -1.30. The molecule has 2 nitrogen and oxygen atoms in total. The molecule has 0 aromatic heterocycles. The van der Waals surface area contributed by atoms with Gasteiger partial charge in [0.2, 0.25) is 0 Å². The maximum Gasteiger partial charge on any atom is 0.155 e. The summed E-state index contributed by atoms with van der Waals surface area (Å²) in [6.07, 6.45) is 3.58. The third kappa shape index (κ3) is 4.51. The highest BCUT2D eigenvalue weighted by Crippen LogP contribution is 2.40. The number of ketones is 1. The Morgan fingerprint density at radius 1 is 1.37 bits per heavy atom.